The third kappa shape index (κ3) is 3.38. The summed E-state index contributed by atoms with van der Waals surface area (Å²) in [5, 5.41) is 7.99. The lowest BCUT2D eigenvalue weighted by atomic mass is 9.95. The first kappa shape index (κ1) is 17.6. The molecule has 1 unspecified atom stereocenters. The largest absolute Gasteiger partial charge is 0.493 e. The van der Waals surface area contributed by atoms with Crippen molar-refractivity contribution in [1.29, 1.82) is 5.41 Å². The van der Waals surface area contributed by atoms with Gasteiger partial charge in [-0.3, -0.25) is 9.80 Å². The van der Waals surface area contributed by atoms with Crippen LogP contribution in [0.4, 0.5) is 0 Å². The summed E-state index contributed by atoms with van der Waals surface area (Å²) in [6.45, 7) is 7.23. The molecule has 4 rings (SSSR count). The van der Waals surface area contributed by atoms with E-state index in [0.717, 1.165) is 57.0 Å². The molecule has 1 atom stereocenters. The van der Waals surface area contributed by atoms with Gasteiger partial charge in [0.1, 0.15) is 5.75 Å². The molecule has 140 valence electrons. The molecule has 0 bridgehead atoms. The number of fused-ring (bicyclic) bond motifs is 1. The molecule has 2 fully saturated rings. The Morgan fingerprint density at radius 3 is 2.81 bits per heavy atom. The molecule has 3 N–H and O–H groups in total. The smallest absolute Gasteiger partial charge is 0.122 e. The number of piperidine rings is 2. The van der Waals surface area contributed by atoms with Gasteiger partial charge in [-0.1, -0.05) is 12.1 Å². The van der Waals surface area contributed by atoms with Crippen molar-refractivity contribution in [3.8, 4) is 5.75 Å². The summed E-state index contributed by atoms with van der Waals surface area (Å²) in [5.74, 6) is 1.08. The van der Waals surface area contributed by atoms with Gasteiger partial charge in [-0.05, 0) is 37.0 Å². The van der Waals surface area contributed by atoms with E-state index in [9.17, 15) is 0 Å². The molecule has 0 aromatic heterocycles. The van der Waals surface area contributed by atoms with Crippen LogP contribution in [0.1, 0.15) is 43.4 Å². The number of nitrogens with one attached hydrogen (secondary N) is 1. The second-order valence-corrected chi connectivity index (χ2v) is 7.80. The molecule has 0 spiro atoms. The molecular formula is C21H30N4O. The summed E-state index contributed by atoms with van der Waals surface area (Å²) >= 11 is 0. The zero-order chi connectivity index (χ0) is 18.1. The maximum atomic E-state index is 7.99. The van der Waals surface area contributed by atoms with Gasteiger partial charge in [0.25, 0.3) is 0 Å². The lowest BCUT2D eigenvalue weighted by Crippen LogP contribution is -2.48. The minimum atomic E-state index is 0.430. The average molecular weight is 354 g/mol. The van der Waals surface area contributed by atoms with Crippen LogP contribution in [0.3, 0.4) is 0 Å². The van der Waals surface area contributed by atoms with Crippen molar-refractivity contribution in [1.82, 2.24) is 9.80 Å². The fourth-order valence-corrected chi connectivity index (χ4v) is 4.57. The topological polar surface area (TPSA) is 65.6 Å². The second-order valence-electron chi connectivity index (χ2n) is 7.80. The Balaban J connectivity index is 1.35. The Hall–Kier alpha value is -1.85. The van der Waals surface area contributed by atoms with Crippen LogP contribution in [0.25, 0.3) is 0 Å². The first-order chi connectivity index (χ1) is 12.7. The van der Waals surface area contributed by atoms with E-state index in [2.05, 4.69) is 34.9 Å². The minimum Gasteiger partial charge on any atom is -0.493 e. The fraction of sp³-hybridized carbons (Fsp3) is 0.571. The van der Waals surface area contributed by atoms with Crippen molar-refractivity contribution in [2.75, 3.05) is 32.8 Å². The van der Waals surface area contributed by atoms with E-state index in [4.69, 9.17) is 15.9 Å². The van der Waals surface area contributed by atoms with Crippen LogP contribution in [-0.4, -0.2) is 54.3 Å². The Morgan fingerprint density at radius 2 is 2.04 bits per heavy atom. The Bertz CT molecular complexity index is 706. The van der Waals surface area contributed by atoms with Crippen LogP contribution >= 0.6 is 0 Å². The highest BCUT2D eigenvalue weighted by molar-refractivity contribution is 5.98. The van der Waals surface area contributed by atoms with Gasteiger partial charge in [0.15, 0.2) is 0 Å². The Morgan fingerprint density at radius 1 is 1.23 bits per heavy atom. The molecule has 0 amide bonds. The van der Waals surface area contributed by atoms with Crippen molar-refractivity contribution in [3.05, 3.63) is 41.1 Å². The Kier molecular flexibility index (Phi) is 5.00. The molecule has 0 radical (unpaired) electrons. The van der Waals surface area contributed by atoms with E-state index in [0.29, 0.717) is 17.8 Å². The van der Waals surface area contributed by atoms with Gasteiger partial charge in [0.2, 0.25) is 0 Å². The first-order valence-corrected chi connectivity index (χ1v) is 9.88. The second kappa shape index (κ2) is 7.41. The predicted molar refractivity (Wildman–Crippen MR) is 105 cm³/mol. The van der Waals surface area contributed by atoms with E-state index in [-0.39, 0.29) is 0 Å². The summed E-state index contributed by atoms with van der Waals surface area (Å²) in [5.41, 5.74) is 10.1. The number of benzene rings is 1. The molecule has 0 aliphatic carbocycles. The molecule has 1 aromatic rings. The van der Waals surface area contributed by atoms with Crippen molar-refractivity contribution in [2.24, 2.45) is 5.73 Å². The Labute approximate surface area is 156 Å². The zero-order valence-corrected chi connectivity index (χ0v) is 15.7. The van der Waals surface area contributed by atoms with Crippen LogP contribution in [0.5, 0.6) is 5.75 Å². The number of nitrogens with two attached hydrogens (primary N) is 1. The number of hydrogen-bond acceptors (Lipinski definition) is 5. The quantitative estimate of drug-likeness (QED) is 0.876. The van der Waals surface area contributed by atoms with Gasteiger partial charge in [-0.25, -0.2) is 0 Å². The maximum Gasteiger partial charge on any atom is 0.122 e. The van der Waals surface area contributed by atoms with Gasteiger partial charge >= 0.3 is 0 Å². The lowest BCUT2D eigenvalue weighted by molar-refractivity contribution is 0.0928. The molecule has 5 nitrogen and oxygen atoms in total. The van der Waals surface area contributed by atoms with E-state index < -0.39 is 0 Å². The van der Waals surface area contributed by atoms with Crippen LogP contribution in [0.15, 0.2) is 30.0 Å². The fourth-order valence-electron chi connectivity index (χ4n) is 4.57. The highest BCUT2D eigenvalue weighted by Gasteiger charge is 2.30. The minimum absolute atomic E-state index is 0.430. The van der Waals surface area contributed by atoms with Gasteiger partial charge in [-0.2, -0.15) is 0 Å². The molecule has 0 saturated carbocycles. The van der Waals surface area contributed by atoms with Crippen molar-refractivity contribution in [3.63, 3.8) is 0 Å². The van der Waals surface area contributed by atoms with Gasteiger partial charge in [-0.15, -0.1) is 0 Å². The monoisotopic (exact) mass is 354 g/mol. The molecule has 3 aliphatic rings. The molecule has 3 aliphatic heterocycles. The molecule has 5 heteroatoms. The van der Waals surface area contributed by atoms with E-state index >= 15 is 0 Å². The van der Waals surface area contributed by atoms with Crippen LogP contribution in [0, 0.1) is 5.41 Å². The molecular weight excluding hydrogens is 324 g/mol. The molecule has 3 heterocycles. The average Bonchev–Trinajstić information content (AvgIpc) is 3.16. The number of nitrogens with zero attached hydrogens (tertiary/aromatic N) is 2. The van der Waals surface area contributed by atoms with Gasteiger partial charge < -0.3 is 15.9 Å². The number of rotatable bonds is 3. The summed E-state index contributed by atoms with van der Waals surface area (Å²) in [6.07, 6.45) is 5.88. The van der Waals surface area contributed by atoms with E-state index in [1.807, 2.05) is 0 Å². The van der Waals surface area contributed by atoms with Crippen LogP contribution in [0.2, 0.25) is 0 Å². The lowest BCUT2D eigenvalue weighted by Gasteiger charge is -2.42. The van der Waals surface area contributed by atoms with E-state index in [1.165, 1.54) is 24.0 Å². The zero-order valence-electron chi connectivity index (χ0n) is 15.7. The predicted octanol–water partition coefficient (Wildman–Crippen LogP) is 2.71. The van der Waals surface area contributed by atoms with E-state index in [1.54, 1.807) is 6.20 Å². The molecule has 2 saturated heterocycles. The van der Waals surface area contributed by atoms with Gasteiger partial charge in [0, 0.05) is 68.6 Å². The SMILES string of the molecule is CC(c1ccc2c(c1)OCC2)N1CCC(N2CCC(=N)/C(=C\N)C2)CC1. The third-order valence-electron chi connectivity index (χ3n) is 6.38. The summed E-state index contributed by atoms with van der Waals surface area (Å²) in [6, 6.07) is 7.81. The van der Waals surface area contributed by atoms with Crippen molar-refractivity contribution in [2.45, 2.75) is 44.7 Å². The molecule has 1 aromatic carbocycles. The number of hydrogen-bond donors (Lipinski definition) is 2. The first-order valence-electron chi connectivity index (χ1n) is 9.88. The summed E-state index contributed by atoms with van der Waals surface area (Å²) in [7, 11) is 0. The highest BCUT2D eigenvalue weighted by Crippen LogP contribution is 2.32. The maximum absolute atomic E-state index is 7.99. The van der Waals surface area contributed by atoms with Crippen molar-refractivity contribution < 1.29 is 4.74 Å². The number of ether oxygens (including phenoxy) is 1. The number of likely N-dealkylation sites (tertiary alicyclic amines) is 2. The third-order valence-corrected chi connectivity index (χ3v) is 6.38. The van der Waals surface area contributed by atoms with Crippen LogP contribution in [-0.2, 0) is 6.42 Å². The summed E-state index contributed by atoms with van der Waals surface area (Å²) in [4.78, 5) is 5.13. The van der Waals surface area contributed by atoms with Crippen LogP contribution < -0.4 is 10.5 Å². The van der Waals surface area contributed by atoms with Crippen molar-refractivity contribution >= 4 is 5.71 Å². The highest BCUT2D eigenvalue weighted by atomic mass is 16.5. The van der Waals surface area contributed by atoms with Gasteiger partial charge in [0.05, 0.1) is 6.61 Å². The standard InChI is InChI=1S/C21H30N4O/c1-15(17-3-2-16-7-11-26-21(16)12-17)24-8-4-19(5-9-24)25-10-6-20(23)18(13-22)14-25/h2-3,12-13,15,19,23H,4-11,14,22H2,1H3/b18-13-,23-20?. The molecule has 26 heavy (non-hydrogen) atoms. The normalized spacial score (nSPS) is 25.3. The summed E-state index contributed by atoms with van der Waals surface area (Å²) < 4.78 is 5.74.